The molecule has 0 heterocycles. The molecule has 1 rings (SSSR count). The van der Waals surface area contributed by atoms with Crippen LogP contribution >= 0.6 is 0 Å². The van der Waals surface area contributed by atoms with E-state index in [4.69, 9.17) is 5.11 Å². The van der Waals surface area contributed by atoms with E-state index in [2.05, 4.69) is 31.4 Å². The zero-order valence-electron chi connectivity index (χ0n) is 13.6. The number of carbonyl (C=O) groups is 2. The van der Waals surface area contributed by atoms with Gasteiger partial charge in [-0.15, -0.1) is 0 Å². The maximum Gasteiger partial charge on any atom is 0.315 e. The van der Waals surface area contributed by atoms with Gasteiger partial charge in [-0.2, -0.15) is 0 Å². The summed E-state index contributed by atoms with van der Waals surface area (Å²) in [5.41, 5.74) is 0.0778. The van der Waals surface area contributed by atoms with E-state index >= 15 is 0 Å². The Kier molecular flexibility index (Phi) is 6.99. The quantitative estimate of drug-likeness (QED) is 0.602. The van der Waals surface area contributed by atoms with E-state index in [1.807, 2.05) is 0 Å². The van der Waals surface area contributed by atoms with Crippen LogP contribution in [0.4, 0.5) is 4.79 Å². The summed E-state index contributed by atoms with van der Waals surface area (Å²) in [5, 5.41) is 14.8. The molecule has 122 valence electrons. The molecule has 5 heteroatoms. The van der Waals surface area contributed by atoms with Gasteiger partial charge in [-0.25, -0.2) is 4.79 Å². The van der Waals surface area contributed by atoms with Crippen LogP contribution in [0.5, 0.6) is 0 Å². The molecule has 2 unspecified atom stereocenters. The summed E-state index contributed by atoms with van der Waals surface area (Å²) in [6.45, 7) is 7.10. The topological polar surface area (TPSA) is 78.4 Å². The zero-order valence-corrected chi connectivity index (χ0v) is 13.6. The lowest BCUT2D eigenvalue weighted by atomic mass is 9.87. The second kappa shape index (κ2) is 8.25. The maximum absolute atomic E-state index is 11.9. The highest BCUT2D eigenvalue weighted by atomic mass is 16.4. The van der Waals surface area contributed by atoms with Gasteiger partial charge < -0.3 is 15.7 Å². The van der Waals surface area contributed by atoms with Crippen molar-refractivity contribution in [3.8, 4) is 0 Å². The molecule has 2 amide bonds. The Bertz CT molecular complexity index is 355. The molecule has 0 aromatic carbocycles. The first kappa shape index (κ1) is 17.8. The Hall–Kier alpha value is -1.26. The molecule has 3 N–H and O–H groups in total. The highest BCUT2D eigenvalue weighted by molar-refractivity contribution is 5.77. The number of hydrogen-bond acceptors (Lipinski definition) is 2. The normalized spacial score (nSPS) is 22.0. The highest BCUT2D eigenvalue weighted by Crippen LogP contribution is 2.26. The number of aliphatic carboxylic acids is 1. The van der Waals surface area contributed by atoms with E-state index in [1.165, 1.54) is 19.3 Å². The molecule has 0 aliphatic heterocycles. The van der Waals surface area contributed by atoms with Crippen LogP contribution in [-0.2, 0) is 4.79 Å². The standard InChI is InChI=1S/C16H30N2O3/c1-4-5-6-10-16(2,3)11-17-15(21)18-13-9-7-8-12(13)14(19)20/h12-13H,4-11H2,1-3H3,(H,19,20)(H2,17,18,21). The van der Waals surface area contributed by atoms with Crippen molar-refractivity contribution in [2.45, 2.75) is 71.8 Å². The summed E-state index contributed by atoms with van der Waals surface area (Å²) < 4.78 is 0. The van der Waals surface area contributed by atoms with Crippen LogP contribution in [0, 0.1) is 11.3 Å². The second-order valence-electron chi connectivity index (χ2n) is 6.93. The van der Waals surface area contributed by atoms with Crippen molar-refractivity contribution in [3.63, 3.8) is 0 Å². The van der Waals surface area contributed by atoms with Gasteiger partial charge in [0.15, 0.2) is 0 Å². The third-order valence-electron chi connectivity index (χ3n) is 4.33. The van der Waals surface area contributed by atoms with Crippen molar-refractivity contribution < 1.29 is 14.7 Å². The summed E-state index contributed by atoms with van der Waals surface area (Å²) in [5.74, 6) is -1.24. The second-order valence-corrected chi connectivity index (χ2v) is 6.93. The molecule has 0 aromatic rings. The van der Waals surface area contributed by atoms with Crippen molar-refractivity contribution in [2.75, 3.05) is 6.54 Å². The van der Waals surface area contributed by atoms with Gasteiger partial charge in [0.1, 0.15) is 0 Å². The number of urea groups is 1. The minimum Gasteiger partial charge on any atom is -0.481 e. The number of carbonyl (C=O) groups excluding carboxylic acids is 1. The van der Waals surface area contributed by atoms with Gasteiger partial charge >= 0.3 is 12.0 Å². The molecule has 21 heavy (non-hydrogen) atoms. The molecule has 1 aliphatic rings. The van der Waals surface area contributed by atoms with E-state index in [9.17, 15) is 9.59 Å². The average molecular weight is 298 g/mol. The molecule has 0 radical (unpaired) electrons. The minimum atomic E-state index is -0.808. The number of hydrogen-bond donors (Lipinski definition) is 3. The lowest BCUT2D eigenvalue weighted by Crippen LogP contribution is -2.47. The van der Waals surface area contributed by atoms with Crippen LogP contribution in [0.15, 0.2) is 0 Å². The monoisotopic (exact) mass is 298 g/mol. The van der Waals surface area contributed by atoms with E-state index < -0.39 is 11.9 Å². The number of rotatable bonds is 8. The highest BCUT2D eigenvalue weighted by Gasteiger charge is 2.34. The van der Waals surface area contributed by atoms with Gasteiger partial charge in [0, 0.05) is 12.6 Å². The summed E-state index contributed by atoms with van der Waals surface area (Å²) in [6.07, 6.45) is 6.95. The first-order chi connectivity index (χ1) is 9.85. The molecule has 1 fully saturated rings. The maximum atomic E-state index is 11.9. The van der Waals surface area contributed by atoms with Gasteiger partial charge in [-0.3, -0.25) is 4.79 Å². The lowest BCUT2D eigenvalue weighted by Gasteiger charge is -2.26. The van der Waals surface area contributed by atoms with Gasteiger partial charge in [-0.05, 0) is 24.7 Å². The SMILES string of the molecule is CCCCCC(C)(C)CNC(=O)NC1CCCC1C(=O)O. The summed E-state index contributed by atoms with van der Waals surface area (Å²) in [4.78, 5) is 23.0. The summed E-state index contributed by atoms with van der Waals surface area (Å²) >= 11 is 0. The van der Waals surface area contributed by atoms with Gasteiger partial charge in [-0.1, -0.05) is 46.5 Å². The van der Waals surface area contributed by atoms with Crippen LogP contribution in [-0.4, -0.2) is 29.7 Å². The molecule has 2 atom stereocenters. The number of carboxylic acid groups (broad SMARTS) is 1. The van der Waals surface area contributed by atoms with Gasteiger partial charge in [0.25, 0.3) is 0 Å². The summed E-state index contributed by atoms with van der Waals surface area (Å²) in [6, 6.07) is -0.470. The zero-order chi connectivity index (χ0) is 15.9. The Morgan fingerprint density at radius 2 is 1.95 bits per heavy atom. The van der Waals surface area contributed by atoms with Crippen LogP contribution in [0.25, 0.3) is 0 Å². The first-order valence-corrected chi connectivity index (χ1v) is 8.13. The first-order valence-electron chi connectivity index (χ1n) is 8.13. The number of carboxylic acids is 1. The Balaban J connectivity index is 2.31. The van der Waals surface area contributed by atoms with Gasteiger partial charge in [0.2, 0.25) is 0 Å². The third-order valence-corrected chi connectivity index (χ3v) is 4.33. The molecule has 0 aromatic heterocycles. The van der Waals surface area contributed by atoms with Crippen molar-refractivity contribution in [1.29, 1.82) is 0 Å². The largest absolute Gasteiger partial charge is 0.481 e. The minimum absolute atomic E-state index is 0.0778. The fourth-order valence-electron chi connectivity index (χ4n) is 2.91. The average Bonchev–Trinajstić information content (AvgIpc) is 2.85. The Labute approximate surface area is 127 Å². The summed E-state index contributed by atoms with van der Waals surface area (Å²) in [7, 11) is 0. The lowest BCUT2D eigenvalue weighted by molar-refractivity contribution is -0.142. The molecule has 0 saturated heterocycles. The molecular weight excluding hydrogens is 268 g/mol. The van der Waals surface area contributed by atoms with E-state index in [0.29, 0.717) is 13.0 Å². The smallest absolute Gasteiger partial charge is 0.315 e. The van der Waals surface area contributed by atoms with Crippen molar-refractivity contribution in [1.82, 2.24) is 10.6 Å². The number of unbranched alkanes of at least 4 members (excludes halogenated alkanes) is 2. The van der Waals surface area contributed by atoms with Crippen molar-refractivity contribution in [2.24, 2.45) is 11.3 Å². The van der Waals surface area contributed by atoms with E-state index in [1.54, 1.807) is 0 Å². The van der Waals surface area contributed by atoms with Crippen LogP contribution in [0.3, 0.4) is 0 Å². The predicted molar refractivity (Wildman–Crippen MR) is 83.2 cm³/mol. The van der Waals surface area contributed by atoms with Crippen LogP contribution in [0.1, 0.15) is 65.7 Å². The van der Waals surface area contributed by atoms with Gasteiger partial charge in [0.05, 0.1) is 5.92 Å². The van der Waals surface area contributed by atoms with E-state index in [-0.39, 0.29) is 17.5 Å². The number of amides is 2. The van der Waals surface area contributed by atoms with Crippen molar-refractivity contribution >= 4 is 12.0 Å². The molecular formula is C16H30N2O3. The van der Waals surface area contributed by atoms with Crippen molar-refractivity contribution in [3.05, 3.63) is 0 Å². The molecule has 0 spiro atoms. The predicted octanol–water partition coefficient (Wildman–Crippen LogP) is 3.15. The molecule has 0 bridgehead atoms. The fraction of sp³-hybridized carbons (Fsp3) is 0.875. The molecule has 1 saturated carbocycles. The number of nitrogens with one attached hydrogen (secondary N) is 2. The Morgan fingerprint density at radius 1 is 1.24 bits per heavy atom. The van der Waals surface area contributed by atoms with Crippen LogP contribution < -0.4 is 10.6 Å². The molecule has 1 aliphatic carbocycles. The third kappa shape index (κ3) is 6.36. The Morgan fingerprint density at radius 3 is 2.57 bits per heavy atom. The fourth-order valence-corrected chi connectivity index (χ4v) is 2.91. The molecule has 5 nitrogen and oxygen atoms in total. The van der Waals surface area contributed by atoms with E-state index in [0.717, 1.165) is 19.3 Å². The van der Waals surface area contributed by atoms with Crippen LogP contribution in [0.2, 0.25) is 0 Å².